The Morgan fingerprint density at radius 1 is 1.31 bits per heavy atom. The van der Waals surface area contributed by atoms with Gasteiger partial charge in [0.1, 0.15) is 5.54 Å². The maximum absolute atomic E-state index is 12.3. The molecule has 2 aromatic rings. The van der Waals surface area contributed by atoms with E-state index in [1.807, 2.05) is 32.0 Å². The lowest BCUT2D eigenvalue weighted by molar-refractivity contribution is -0.137. The molecule has 1 aliphatic rings. The van der Waals surface area contributed by atoms with E-state index in [0.29, 0.717) is 15.9 Å². The van der Waals surface area contributed by atoms with E-state index in [2.05, 4.69) is 26.3 Å². The molecule has 0 spiro atoms. The number of anilines is 2. The highest BCUT2D eigenvalue weighted by Crippen LogP contribution is 2.29. The number of carbonyl (C=O) groups is 3. The highest BCUT2D eigenvalue weighted by atomic mass is 32.2. The fourth-order valence-electron chi connectivity index (χ4n) is 2.63. The van der Waals surface area contributed by atoms with Gasteiger partial charge in [-0.25, -0.2) is 4.79 Å². The summed E-state index contributed by atoms with van der Waals surface area (Å²) in [6, 6.07) is 5.33. The molecule has 0 aliphatic carbocycles. The van der Waals surface area contributed by atoms with Crippen molar-refractivity contribution in [3.05, 3.63) is 29.3 Å². The first-order chi connectivity index (χ1) is 13.7. The molecule has 1 unspecified atom stereocenters. The van der Waals surface area contributed by atoms with E-state index in [-0.39, 0.29) is 5.75 Å². The minimum absolute atomic E-state index is 0.00198. The van der Waals surface area contributed by atoms with Crippen LogP contribution in [0.1, 0.15) is 31.4 Å². The van der Waals surface area contributed by atoms with E-state index in [0.717, 1.165) is 16.3 Å². The number of hydrazine groups is 1. The molecule has 1 aromatic heterocycles. The molecule has 2 heterocycles. The molecule has 0 bridgehead atoms. The van der Waals surface area contributed by atoms with Crippen molar-refractivity contribution in [1.29, 1.82) is 0 Å². The number of rotatable bonds is 7. The molecule has 1 aliphatic heterocycles. The summed E-state index contributed by atoms with van der Waals surface area (Å²) >= 11 is 2.50. The lowest BCUT2D eigenvalue weighted by atomic mass is 10.00. The molecule has 29 heavy (non-hydrogen) atoms. The van der Waals surface area contributed by atoms with Gasteiger partial charge >= 0.3 is 6.03 Å². The third-order valence-corrected chi connectivity index (χ3v) is 6.76. The molecule has 3 rings (SSSR count). The summed E-state index contributed by atoms with van der Waals surface area (Å²) in [4.78, 5) is 36.4. The second-order valence-electron chi connectivity index (χ2n) is 6.83. The van der Waals surface area contributed by atoms with Crippen LogP contribution in [0, 0.1) is 13.8 Å². The number of imide groups is 1. The van der Waals surface area contributed by atoms with E-state index >= 15 is 0 Å². The van der Waals surface area contributed by atoms with Crippen LogP contribution in [0.2, 0.25) is 0 Å². The van der Waals surface area contributed by atoms with Gasteiger partial charge in [-0.15, -0.1) is 10.2 Å². The summed E-state index contributed by atoms with van der Waals surface area (Å²) in [7, 11) is 0. The number of carbonyl (C=O) groups excluding carboxylic acids is 3. The second-order valence-corrected chi connectivity index (χ2v) is 9.03. The number of urea groups is 1. The number of amides is 4. The van der Waals surface area contributed by atoms with Crippen molar-refractivity contribution >= 4 is 51.8 Å². The van der Waals surface area contributed by atoms with Crippen LogP contribution in [0.5, 0.6) is 0 Å². The van der Waals surface area contributed by atoms with Crippen LogP contribution in [0.15, 0.2) is 22.5 Å². The Balaban J connectivity index is 1.54. The van der Waals surface area contributed by atoms with Gasteiger partial charge in [-0.1, -0.05) is 42.2 Å². The van der Waals surface area contributed by atoms with Gasteiger partial charge in [0.15, 0.2) is 4.34 Å². The van der Waals surface area contributed by atoms with Crippen molar-refractivity contribution in [2.75, 3.05) is 11.1 Å². The third kappa shape index (κ3) is 4.51. The van der Waals surface area contributed by atoms with Gasteiger partial charge < -0.3 is 10.6 Å². The predicted octanol–water partition coefficient (Wildman–Crippen LogP) is 2.74. The van der Waals surface area contributed by atoms with Gasteiger partial charge in [-0.2, -0.15) is 5.01 Å². The first-order valence-electron chi connectivity index (χ1n) is 8.99. The van der Waals surface area contributed by atoms with Gasteiger partial charge in [0.05, 0.1) is 5.75 Å². The van der Waals surface area contributed by atoms with Crippen molar-refractivity contribution in [1.82, 2.24) is 25.9 Å². The third-order valence-electron chi connectivity index (χ3n) is 4.78. The van der Waals surface area contributed by atoms with Gasteiger partial charge in [0.25, 0.3) is 5.91 Å². The molecule has 154 valence electrons. The van der Waals surface area contributed by atoms with Gasteiger partial charge in [0, 0.05) is 5.69 Å². The summed E-state index contributed by atoms with van der Waals surface area (Å²) < 4.78 is 0.601. The van der Waals surface area contributed by atoms with Crippen LogP contribution in [0.4, 0.5) is 15.6 Å². The lowest BCUT2D eigenvalue weighted by Gasteiger charge is -2.19. The van der Waals surface area contributed by atoms with E-state index in [1.54, 1.807) is 13.8 Å². The zero-order valence-corrected chi connectivity index (χ0v) is 18.2. The van der Waals surface area contributed by atoms with Crippen LogP contribution >= 0.6 is 23.1 Å². The van der Waals surface area contributed by atoms with Gasteiger partial charge in [-0.05, 0) is 44.4 Å². The summed E-state index contributed by atoms with van der Waals surface area (Å²) in [6.45, 7) is 7.48. The Morgan fingerprint density at radius 2 is 2.07 bits per heavy atom. The first kappa shape index (κ1) is 21.1. The summed E-state index contributed by atoms with van der Waals surface area (Å²) in [5.41, 5.74) is 4.61. The fraction of sp³-hybridized carbons (Fsp3) is 0.389. The average molecular weight is 435 g/mol. The van der Waals surface area contributed by atoms with Crippen molar-refractivity contribution in [3.8, 4) is 0 Å². The molecular formula is C18H22N6O3S2. The van der Waals surface area contributed by atoms with Crippen molar-refractivity contribution < 1.29 is 14.4 Å². The minimum atomic E-state index is -0.995. The number of nitrogens with zero attached hydrogens (tertiary/aromatic N) is 3. The monoisotopic (exact) mass is 434 g/mol. The average Bonchev–Trinajstić information content (AvgIpc) is 3.22. The van der Waals surface area contributed by atoms with Crippen LogP contribution in [-0.2, 0) is 9.59 Å². The Bertz CT molecular complexity index is 963. The van der Waals surface area contributed by atoms with E-state index < -0.39 is 23.4 Å². The van der Waals surface area contributed by atoms with E-state index in [4.69, 9.17) is 0 Å². The van der Waals surface area contributed by atoms with E-state index in [1.165, 1.54) is 28.7 Å². The van der Waals surface area contributed by atoms with Crippen LogP contribution in [-0.4, -0.2) is 44.3 Å². The maximum atomic E-state index is 12.3. The van der Waals surface area contributed by atoms with Crippen molar-refractivity contribution in [2.24, 2.45) is 0 Å². The van der Waals surface area contributed by atoms with Crippen molar-refractivity contribution in [3.63, 3.8) is 0 Å². The summed E-state index contributed by atoms with van der Waals surface area (Å²) in [6.07, 6.45) is 0.430. The molecule has 1 saturated heterocycles. The molecule has 0 radical (unpaired) electrons. The molecular weight excluding hydrogens is 412 g/mol. The largest absolute Gasteiger partial charge is 0.344 e. The standard InChI is InChI=1S/C18H22N6O3S2/c1-5-18(4)14(26)24(16(27)20-18)23-13(25)9-28-17-22-21-15(29-17)19-12-8-6-7-10(2)11(12)3/h6-8H,5,9H2,1-4H3,(H,19,21)(H,20,27)(H,23,25). The SMILES string of the molecule is CCC1(C)NC(=O)N(NC(=O)CSc2nnc(Nc3cccc(C)c3C)s2)C1=O. The molecule has 1 aromatic carbocycles. The molecule has 1 fully saturated rings. The normalized spacial score (nSPS) is 18.7. The highest BCUT2D eigenvalue weighted by molar-refractivity contribution is 8.01. The number of hydrogen-bond donors (Lipinski definition) is 3. The Morgan fingerprint density at radius 3 is 2.76 bits per heavy atom. The Labute approximate surface area is 176 Å². The molecule has 11 heteroatoms. The predicted molar refractivity (Wildman–Crippen MR) is 112 cm³/mol. The summed E-state index contributed by atoms with van der Waals surface area (Å²) in [5, 5.41) is 15.3. The number of nitrogens with one attached hydrogen (secondary N) is 3. The number of benzene rings is 1. The van der Waals surface area contributed by atoms with E-state index in [9.17, 15) is 14.4 Å². The molecule has 1 atom stereocenters. The number of thioether (sulfide) groups is 1. The molecule has 9 nitrogen and oxygen atoms in total. The number of aryl methyl sites for hydroxylation is 1. The van der Waals surface area contributed by atoms with Crippen LogP contribution in [0.3, 0.4) is 0 Å². The Kier molecular flexibility index (Phi) is 6.08. The maximum Gasteiger partial charge on any atom is 0.344 e. The van der Waals surface area contributed by atoms with Crippen LogP contribution in [0.25, 0.3) is 0 Å². The van der Waals surface area contributed by atoms with Gasteiger partial charge in [-0.3, -0.25) is 15.0 Å². The number of hydrogen-bond acceptors (Lipinski definition) is 8. The quantitative estimate of drug-likeness (QED) is 0.453. The van der Waals surface area contributed by atoms with Crippen molar-refractivity contribution in [2.45, 2.75) is 44.0 Å². The second kappa shape index (κ2) is 8.37. The lowest BCUT2D eigenvalue weighted by Crippen LogP contribution is -2.49. The fourth-order valence-corrected chi connectivity index (χ4v) is 4.19. The Hall–Kier alpha value is -2.66. The molecule has 0 saturated carbocycles. The first-order valence-corrected chi connectivity index (χ1v) is 10.8. The van der Waals surface area contributed by atoms with Crippen LogP contribution < -0.4 is 16.1 Å². The minimum Gasteiger partial charge on any atom is -0.330 e. The zero-order valence-electron chi connectivity index (χ0n) is 16.5. The highest BCUT2D eigenvalue weighted by Gasteiger charge is 2.47. The zero-order chi connectivity index (χ0) is 21.2. The summed E-state index contributed by atoms with van der Waals surface area (Å²) in [5.74, 6) is -0.949. The molecule has 4 amide bonds. The molecule has 3 N–H and O–H groups in total. The van der Waals surface area contributed by atoms with Gasteiger partial charge in [0.2, 0.25) is 11.0 Å². The topological polar surface area (TPSA) is 116 Å². The smallest absolute Gasteiger partial charge is 0.330 e. The number of aromatic nitrogens is 2.